The third-order valence-corrected chi connectivity index (χ3v) is 5.17. The van der Waals surface area contributed by atoms with E-state index in [0.717, 1.165) is 29.7 Å². The Labute approximate surface area is 169 Å². The predicted molar refractivity (Wildman–Crippen MR) is 108 cm³/mol. The molecule has 0 radical (unpaired) electrons. The van der Waals surface area contributed by atoms with E-state index in [1.807, 2.05) is 26.8 Å². The Bertz CT molecular complexity index is 933. The average molecular weight is 405 g/mol. The highest BCUT2D eigenvalue weighted by Crippen LogP contribution is 2.29. The first-order valence-corrected chi connectivity index (χ1v) is 9.75. The first-order chi connectivity index (χ1) is 13.3. The summed E-state index contributed by atoms with van der Waals surface area (Å²) >= 11 is 6.23. The number of hydrogen-bond donors (Lipinski definition) is 2. The minimum absolute atomic E-state index is 0.0515. The highest BCUT2D eigenvalue weighted by Gasteiger charge is 2.20. The minimum Gasteiger partial charge on any atom is -0.490 e. The van der Waals surface area contributed by atoms with E-state index in [0.29, 0.717) is 35.1 Å². The van der Waals surface area contributed by atoms with Crippen LogP contribution in [0.15, 0.2) is 23.0 Å². The molecule has 1 aliphatic heterocycles. The molecule has 1 aliphatic rings. The summed E-state index contributed by atoms with van der Waals surface area (Å²) in [6.07, 6.45) is 1.67. The van der Waals surface area contributed by atoms with Gasteiger partial charge in [-0.3, -0.25) is 9.59 Å². The van der Waals surface area contributed by atoms with E-state index >= 15 is 0 Å². The van der Waals surface area contributed by atoms with Crippen molar-refractivity contribution in [3.63, 3.8) is 0 Å². The van der Waals surface area contributed by atoms with Crippen molar-refractivity contribution in [3.8, 4) is 5.75 Å². The maximum absolute atomic E-state index is 12.8. The molecule has 0 atom stereocenters. The average Bonchev–Trinajstić information content (AvgIpc) is 2.64. The number of carbonyl (C=O) groups is 1. The maximum atomic E-state index is 12.8. The van der Waals surface area contributed by atoms with Gasteiger partial charge in [-0.15, -0.1) is 0 Å². The van der Waals surface area contributed by atoms with Crippen LogP contribution in [0.1, 0.15) is 45.6 Å². The molecule has 2 aromatic rings. The van der Waals surface area contributed by atoms with Gasteiger partial charge in [0.05, 0.1) is 13.2 Å². The highest BCUT2D eigenvalue weighted by molar-refractivity contribution is 6.31. The fourth-order valence-corrected chi connectivity index (χ4v) is 3.56. The second-order valence-corrected chi connectivity index (χ2v) is 7.57. The smallest absolute Gasteiger partial charge is 0.253 e. The summed E-state index contributed by atoms with van der Waals surface area (Å²) in [6.45, 7) is 7.00. The van der Waals surface area contributed by atoms with E-state index in [-0.39, 0.29) is 24.1 Å². The summed E-state index contributed by atoms with van der Waals surface area (Å²) < 4.78 is 11.4. The molecule has 1 aromatic carbocycles. The zero-order valence-corrected chi connectivity index (χ0v) is 17.1. The Morgan fingerprint density at radius 3 is 2.64 bits per heavy atom. The number of rotatable bonds is 5. The van der Waals surface area contributed by atoms with Gasteiger partial charge in [-0.2, -0.15) is 0 Å². The normalized spacial score (nSPS) is 14.7. The van der Waals surface area contributed by atoms with Crippen LogP contribution in [0.25, 0.3) is 0 Å². The predicted octanol–water partition coefficient (Wildman–Crippen LogP) is 3.44. The summed E-state index contributed by atoms with van der Waals surface area (Å²) in [5, 5.41) is 3.25. The minimum atomic E-state index is -0.295. The molecule has 1 aromatic heterocycles. The first-order valence-electron chi connectivity index (χ1n) is 9.37. The van der Waals surface area contributed by atoms with Crippen LogP contribution in [0.2, 0.25) is 5.02 Å². The van der Waals surface area contributed by atoms with Gasteiger partial charge >= 0.3 is 0 Å². The largest absolute Gasteiger partial charge is 0.490 e. The van der Waals surface area contributed by atoms with Crippen LogP contribution in [0.3, 0.4) is 0 Å². The number of benzene rings is 1. The van der Waals surface area contributed by atoms with Gasteiger partial charge in [0.1, 0.15) is 11.9 Å². The number of aryl methyl sites for hydroxylation is 2. The second-order valence-electron chi connectivity index (χ2n) is 7.13. The first kappa shape index (κ1) is 20.4. The molecule has 1 amide bonds. The zero-order chi connectivity index (χ0) is 20.3. The summed E-state index contributed by atoms with van der Waals surface area (Å²) in [7, 11) is 0. The van der Waals surface area contributed by atoms with Gasteiger partial charge in [0.25, 0.3) is 11.5 Å². The van der Waals surface area contributed by atoms with E-state index in [1.54, 1.807) is 12.1 Å². The molecule has 3 rings (SSSR count). The number of nitrogens with one attached hydrogen (secondary N) is 2. The molecule has 28 heavy (non-hydrogen) atoms. The van der Waals surface area contributed by atoms with Crippen LogP contribution >= 0.6 is 11.6 Å². The fraction of sp³-hybridized carbons (Fsp3) is 0.429. The molecular weight excluding hydrogens is 380 g/mol. The second kappa shape index (κ2) is 8.80. The lowest BCUT2D eigenvalue weighted by Crippen LogP contribution is -2.29. The molecule has 7 heteroatoms. The molecule has 2 N–H and O–H groups in total. The quantitative estimate of drug-likeness (QED) is 0.799. The maximum Gasteiger partial charge on any atom is 0.253 e. The highest BCUT2D eigenvalue weighted by atomic mass is 35.5. The summed E-state index contributed by atoms with van der Waals surface area (Å²) in [6, 6.07) is 5.24. The van der Waals surface area contributed by atoms with Gasteiger partial charge in [0.15, 0.2) is 0 Å². The van der Waals surface area contributed by atoms with E-state index in [9.17, 15) is 9.59 Å². The number of ether oxygens (including phenoxy) is 2. The molecule has 6 nitrogen and oxygen atoms in total. The Kier molecular flexibility index (Phi) is 6.42. The lowest BCUT2D eigenvalue weighted by atomic mass is 10.1. The standard InChI is InChI=1S/C21H25ClN2O4/c1-12-8-13(2)24-21(26)18(12)11-23-20(25)17-9-15(22)10-19(14(17)3)28-16-4-6-27-7-5-16/h8-10,16H,4-7,11H2,1-3H3,(H,23,25)(H,24,26). The Morgan fingerprint density at radius 1 is 1.25 bits per heavy atom. The van der Waals surface area contributed by atoms with E-state index in [2.05, 4.69) is 10.3 Å². The van der Waals surface area contributed by atoms with E-state index in [1.165, 1.54) is 0 Å². The van der Waals surface area contributed by atoms with Gasteiger partial charge in [0, 0.05) is 46.8 Å². The number of pyridine rings is 1. The number of aromatic nitrogens is 1. The summed E-state index contributed by atoms with van der Waals surface area (Å²) in [4.78, 5) is 27.7. The summed E-state index contributed by atoms with van der Waals surface area (Å²) in [5.41, 5.74) is 3.14. The fourth-order valence-electron chi connectivity index (χ4n) is 3.35. The van der Waals surface area contributed by atoms with Crippen LogP contribution < -0.4 is 15.6 Å². The van der Waals surface area contributed by atoms with Crippen molar-refractivity contribution in [2.75, 3.05) is 13.2 Å². The van der Waals surface area contributed by atoms with Crippen LogP contribution in [-0.4, -0.2) is 30.2 Å². The molecule has 0 aliphatic carbocycles. The topological polar surface area (TPSA) is 80.4 Å². The Balaban J connectivity index is 1.77. The molecule has 1 saturated heterocycles. The van der Waals surface area contributed by atoms with Crippen molar-refractivity contribution >= 4 is 17.5 Å². The Morgan fingerprint density at radius 2 is 1.96 bits per heavy atom. The van der Waals surface area contributed by atoms with Crippen LogP contribution in [0.4, 0.5) is 0 Å². The van der Waals surface area contributed by atoms with E-state index in [4.69, 9.17) is 21.1 Å². The molecule has 0 unspecified atom stereocenters. The third kappa shape index (κ3) is 4.75. The van der Waals surface area contributed by atoms with Gasteiger partial charge < -0.3 is 19.8 Å². The third-order valence-electron chi connectivity index (χ3n) is 4.95. The van der Waals surface area contributed by atoms with Gasteiger partial charge in [-0.25, -0.2) is 0 Å². The van der Waals surface area contributed by atoms with Gasteiger partial charge in [-0.05, 0) is 44.5 Å². The number of aromatic amines is 1. The number of carbonyl (C=O) groups excluding carboxylic acids is 1. The molecular formula is C21H25ClN2O4. The van der Waals surface area contributed by atoms with Crippen LogP contribution in [0.5, 0.6) is 5.75 Å². The number of amides is 1. The molecule has 2 heterocycles. The number of hydrogen-bond acceptors (Lipinski definition) is 4. The monoisotopic (exact) mass is 404 g/mol. The van der Waals surface area contributed by atoms with E-state index < -0.39 is 0 Å². The lowest BCUT2D eigenvalue weighted by Gasteiger charge is -2.25. The molecule has 0 bridgehead atoms. The molecule has 150 valence electrons. The van der Waals surface area contributed by atoms with Crippen molar-refractivity contribution in [1.82, 2.24) is 10.3 Å². The Hall–Kier alpha value is -2.31. The molecule has 0 saturated carbocycles. The van der Waals surface area contributed by atoms with Crippen LogP contribution in [-0.2, 0) is 11.3 Å². The van der Waals surface area contributed by atoms with Crippen molar-refractivity contribution in [2.24, 2.45) is 0 Å². The lowest BCUT2D eigenvalue weighted by molar-refractivity contribution is 0.0252. The molecule has 1 fully saturated rings. The van der Waals surface area contributed by atoms with Crippen molar-refractivity contribution in [3.05, 3.63) is 61.5 Å². The molecule has 0 spiro atoms. The zero-order valence-electron chi connectivity index (χ0n) is 16.4. The van der Waals surface area contributed by atoms with Gasteiger partial charge in [-0.1, -0.05) is 11.6 Å². The van der Waals surface area contributed by atoms with Crippen LogP contribution in [0, 0.1) is 20.8 Å². The number of halogens is 1. The SMILES string of the molecule is Cc1cc(C)c(CNC(=O)c2cc(Cl)cc(OC3CCOCC3)c2C)c(=O)[nH]1. The van der Waals surface area contributed by atoms with Gasteiger partial charge in [0.2, 0.25) is 0 Å². The van der Waals surface area contributed by atoms with Crippen molar-refractivity contribution < 1.29 is 14.3 Å². The number of H-pyrrole nitrogens is 1. The summed E-state index contributed by atoms with van der Waals surface area (Å²) in [5.74, 6) is 0.310. The van der Waals surface area contributed by atoms with Crippen molar-refractivity contribution in [1.29, 1.82) is 0 Å². The van der Waals surface area contributed by atoms with Crippen molar-refractivity contribution in [2.45, 2.75) is 46.3 Å².